The van der Waals surface area contributed by atoms with Gasteiger partial charge in [-0.1, -0.05) is 17.3 Å². The van der Waals surface area contributed by atoms with Crippen molar-refractivity contribution in [3.63, 3.8) is 0 Å². The molecule has 1 amide bonds. The van der Waals surface area contributed by atoms with E-state index in [-0.39, 0.29) is 36.2 Å². The number of thiazole rings is 1. The summed E-state index contributed by atoms with van der Waals surface area (Å²) in [5, 5.41) is 8.48. The summed E-state index contributed by atoms with van der Waals surface area (Å²) in [6.07, 6.45) is 0.256. The topological polar surface area (TPSA) is 90.1 Å². The van der Waals surface area contributed by atoms with E-state index in [1.54, 1.807) is 42.6 Å². The maximum atomic E-state index is 13.4. The van der Waals surface area contributed by atoms with Crippen LogP contribution in [-0.2, 0) is 11.2 Å². The normalized spacial score (nSPS) is 11.1. The number of amides is 1. The molecule has 0 aliphatic carbocycles. The number of carbonyl (C=O) groups excluding carboxylic acids is 1. The number of hydrogen-bond donors (Lipinski definition) is 1. The molecule has 4 rings (SSSR count). The van der Waals surface area contributed by atoms with Crippen LogP contribution in [0.1, 0.15) is 17.9 Å². The summed E-state index contributed by atoms with van der Waals surface area (Å²) in [5.74, 6) is -0.0816. The van der Waals surface area contributed by atoms with Crippen molar-refractivity contribution in [3.8, 4) is 28.4 Å². The van der Waals surface area contributed by atoms with Gasteiger partial charge in [-0.15, -0.1) is 11.3 Å². The Labute approximate surface area is 190 Å². The molecule has 2 heterocycles. The second-order valence-corrected chi connectivity index (χ2v) is 7.79. The van der Waals surface area contributed by atoms with E-state index in [0.29, 0.717) is 33.3 Å². The number of hydrogen-bond acceptors (Lipinski definition) is 7. The predicted octanol–water partition coefficient (Wildman–Crippen LogP) is 5.48. The molecule has 2 aromatic carbocycles. The van der Waals surface area contributed by atoms with Gasteiger partial charge in [0, 0.05) is 29.3 Å². The van der Waals surface area contributed by atoms with Gasteiger partial charge in [-0.2, -0.15) is 13.8 Å². The molecule has 0 saturated heterocycles. The molecule has 33 heavy (non-hydrogen) atoms. The Hall–Kier alpha value is -3.73. The third-order valence-electron chi connectivity index (χ3n) is 4.58. The van der Waals surface area contributed by atoms with Gasteiger partial charge < -0.3 is 14.6 Å². The summed E-state index contributed by atoms with van der Waals surface area (Å²) in [4.78, 5) is 20.8. The summed E-state index contributed by atoms with van der Waals surface area (Å²) >= 11 is 1.16. The maximum absolute atomic E-state index is 13.4. The van der Waals surface area contributed by atoms with Crippen molar-refractivity contribution >= 4 is 22.4 Å². The van der Waals surface area contributed by atoms with Crippen molar-refractivity contribution < 1.29 is 27.2 Å². The molecule has 170 valence electrons. The lowest BCUT2D eigenvalue weighted by Gasteiger charge is -2.08. The monoisotopic (exact) mass is 474 g/mol. The average molecular weight is 474 g/mol. The highest BCUT2D eigenvalue weighted by Crippen LogP contribution is 2.33. The molecule has 7 nitrogen and oxygen atoms in total. The Kier molecular flexibility index (Phi) is 6.68. The molecule has 4 aromatic rings. The van der Waals surface area contributed by atoms with Gasteiger partial charge in [0.15, 0.2) is 5.13 Å². The first-order valence-electron chi connectivity index (χ1n) is 9.78. The van der Waals surface area contributed by atoms with Gasteiger partial charge in [-0.3, -0.25) is 4.79 Å². The zero-order valence-electron chi connectivity index (χ0n) is 17.2. The highest BCUT2D eigenvalue weighted by atomic mass is 32.1. The fourth-order valence-corrected chi connectivity index (χ4v) is 3.72. The number of anilines is 1. The van der Waals surface area contributed by atoms with Gasteiger partial charge in [-0.25, -0.2) is 9.37 Å². The van der Waals surface area contributed by atoms with Gasteiger partial charge in [0.05, 0.1) is 5.69 Å². The smallest absolute Gasteiger partial charge is 0.387 e. The number of para-hydroxylation sites is 1. The molecule has 0 unspecified atom stereocenters. The molecule has 0 radical (unpaired) electrons. The van der Waals surface area contributed by atoms with E-state index in [1.165, 1.54) is 12.1 Å². The molecular formula is C22H17F3N4O3S. The standard InChI is InChI=1S/C22H17F3N4O3S/c1-12-10-13(6-7-15(12)23)20-28-19(32-29-20)9-8-18(30)27-22-26-16(11-33-22)14-4-2-3-5-17(14)31-21(24)25/h2-7,10-11,21H,8-9H2,1H3,(H,26,27,30). The molecule has 0 spiro atoms. The number of aromatic nitrogens is 3. The zero-order valence-corrected chi connectivity index (χ0v) is 18.0. The summed E-state index contributed by atoms with van der Waals surface area (Å²) in [5.41, 5.74) is 1.87. The number of benzene rings is 2. The quantitative estimate of drug-likeness (QED) is 0.364. The molecule has 1 N–H and O–H groups in total. The van der Waals surface area contributed by atoms with Crippen LogP contribution in [-0.4, -0.2) is 27.6 Å². The van der Waals surface area contributed by atoms with E-state index in [2.05, 4.69) is 25.2 Å². The predicted molar refractivity (Wildman–Crippen MR) is 116 cm³/mol. The van der Waals surface area contributed by atoms with E-state index >= 15 is 0 Å². The fraction of sp³-hybridized carbons (Fsp3) is 0.182. The molecule has 2 aromatic heterocycles. The van der Waals surface area contributed by atoms with E-state index in [4.69, 9.17) is 4.52 Å². The van der Waals surface area contributed by atoms with Crippen LogP contribution in [0, 0.1) is 12.7 Å². The van der Waals surface area contributed by atoms with E-state index in [9.17, 15) is 18.0 Å². The van der Waals surface area contributed by atoms with Crippen molar-refractivity contribution in [1.29, 1.82) is 0 Å². The highest BCUT2D eigenvalue weighted by molar-refractivity contribution is 7.14. The van der Waals surface area contributed by atoms with Crippen LogP contribution in [0.25, 0.3) is 22.6 Å². The third kappa shape index (κ3) is 5.55. The SMILES string of the molecule is Cc1cc(-c2noc(CCC(=O)Nc3nc(-c4ccccc4OC(F)F)cs3)n2)ccc1F. The Balaban J connectivity index is 1.36. The average Bonchev–Trinajstić information content (AvgIpc) is 3.44. The van der Waals surface area contributed by atoms with Gasteiger partial charge in [0.2, 0.25) is 17.6 Å². The Morgan fingerprint density at radius 1 is 1.21 bits per heavy atom. The van der Waals surface area contributed by atoms with Crippen molar-refractivity contribution in [1.82, 2.24) is 15.1 Å². The largest absolute Gasteiger partial charge is 0.434 e. The van der Waals surface area contributed by atoms with Crippen LogP contribution in [0.4, 0.5) is 18.3 Å². The number of carbonyl (C=O) groups is 1. The molecule has 11 heteroatoms. The maximum Gasteiger partial charge on any atom is 0.387 e. The minimum absolute atomic E-state index is 0.000720. The second-order valence-electron chi connectivity index (χ2n) is 6.94. The number of halogens is 3. The lowest BCUT2D eigenvalue weighted by atomic mass is 10.1. The molecule has 0 aliphatic rings. The van der Waals surface area contributed by atoms with E-state index in [1.807, 2.05) is 0 Å². The zero-order chi connectivity index (χ0) is 23.4. The molecule has 0 aliphatic heterocycles. The highest BCUT2D eigenvalue weighted by Gasteiger charge is 2.16. The number of rotatable bonds is 8. The van der Waals surface area contributed by atoms with E-state index in [0.717, 1.165) is 11.3 Å². The minimum Gasteiger partial charge on any atom is -0.434 e. The minimum atomic E-state index is -2.96. The van der Waals surface area contributed by atoms with E-state index < -0.39 is 6.61 Å². The first kappa shape index (κ1) is 22.5. The van der Waals surface area contributed by atoms with Crippen LogP contribution < -0.4 is 10.1 Å². The summed E-state index contributed by atoms with van der Waals surface area (Å²) < 4.78 is 48.4. The van der Waals surface area contributed by atoms with Crippen LogP contribution in [0.5, 0.6) is 5.75 Å². The van der Waals surface area contributed by atoms with Crippen LogP contribution in [0.3, 0.4) is 0 Å². The van der Waals surface area contributed by atoms with Crippen molar-refractivity contribution in [2.45, 2.75) is 26.4 Å². The van der Waals surface area contributed by atoms with Gasteiger partial charge in [-0.05, 0) is 42.8 Å². The first-order valence-corrected chi connectivity index (χ1v) is 10.7. The molecule has 0 bridgehead atoms. The van der Waals surface area contributed by atoms with Gasteiger partial charge >= 0.3 is 6.61 Å². The molecule has 0 saturated carbocycles. The summed E-state index contributed by atoms with van der Waals surface area (Å²) in [6, 6.07) is 10.8. The second kappa shape index (κ2) is 9.82. The number of ether oxygens (including phenoxy) is 1. The fourth-order valence-electron chi connectivity index (χ4n) is 2.99. The summed E-state index contributed by atoms with van der Waals surface area (Å²) in [7, 11) is 0. The number of nitrogens with zero attached hydrogens (tertiary/aromatic N) is 3. The van der Waals surface area contributed by atoms with Gasteiger partial charge in [0.1, 0.15) is 11.6 Å². The first-order chi connectivity index (χ1) is 15.9. The Bertz CT molecular complexity index is 1280. The molecule has 0 atom stereocenters. The number of nitrogens with one attached hydrogen (secondary N) is 1. The Morgan fingerprint density at radius 2 is 2.03 bits per heavy atom. The van der Waals surface area contributed by atoms with Gasteiger partial charge in [0.25, 0.3) is 0 Å². The number of aryl methyl sites for hydroxylation is 2. The van der Waals surface area contributed by atoms with Crippen molar-refractivity contribution in [2.24, 2.45) is 0 Å². The lowest BCUT2D eigenvalue weighted by Crippen LogP contribution is -2.12. The van der Waals surface area contributed by atoms with Crippen LogP contribution in [0.15, 0.2) is 52.4 Å². The van der Waals surface area contributed by atoms with Crippen molar-refractivity contribution in [2.75, 3.05) is 5.32 Å². The van der Waals surface area contributed by atoms with Crippen LogP contribution >= 0.6 is 11.3 Å². The molecular weight excluding hydrogens is 457 g/mol. The van der Waals surface area contributed by atoms with Crippen LogP contribution in [0.2, 0.25) is 0 Å². The van der Waals surface area contributed by atoms with Crippen molar-refractivity contribution in [3.05, 3.63) is 65.1 Å². The summed E-state index contributed by atoms with van der Waals surface area (Å²) in [6.45, 7) is -1.32. The Morgan fingerprint density at radius 3 is 2.82 bits per heavy atom. The molecule has 0 fully saturated rings. The third-order valence-corrected chi connectivity index (χ3v) is 5.34. The number of alkyl halides is 2. The lowest BCUT2D eigenvalue weighted by molar-refractivity contribution is -0.116.